The molecule has 1 aliphatic heterocycles. The molecular formula is C23H29N3O5. The number of benzene rings is 1. The van der Waals surface area contributed by atoms with E-state index in [1.807, 2.05) is 24.3 Å². The van der Waals surface area contributed by atoms with Crippen molar-refractivity contribution in [2.75, 3.05) is 27.3 Å². The number of amides is 2. The number of carbonyl (C=O) groups excluding carboxylic acids is 3. The second kappa shape index (κ2) is 9.68. The van der Waals surface area contributed by atoms with Gasteiger partial charge in [0.25, 0.3) is 5.91 Å². The molecule has 0 saturated carbocycles. The number of rotatable bonds is 6. The number of esters is 1. The van der Waals surface area contributed by atoms with Crippen LogP contribution in [0.5, 0.6) is 5.75 Å². The lowest BCUT2D eigenvalue weighted by Gasteiger charge is -2.32. The summed E-state index contributed by atoms with van der Waals surface area (Å²) in [4.78, 5) is 42.6. The van der Waals surface area contributed by atoms with Gasteiger partial charge in [-0.15, -0.1) is 0 Å². The number of nitrogens with zero attached hydrogens (tertiary/aromatic N) is 1. The summed E-state index contributed by atoms with van der Waals surface area (Å²) in [7, 11) is 2.92. The first-order valence-corrected chi connectivity index (χ1v) is 10.3. The van der Waals surface area contributed by atoms with E-state index in [1.165, 1.54) is 7.11 Å². The van der Waals surface area contributed by atoms with Gasteiger partial charge in [-0.1, -0.05) is 12.1 Å². The SMILES string of the molecule is COC(=O)c1c(C)[nH]c(C(=O)N2CCC[C@@H](C(=O)NCc3cccc(OC)c3)C2)c1C. The molecule has 2 heterocycles. The Balaban J connectivity index is 1.65. The first-order chi connectivity index (χ1) is 14.8. The van der Waals surface area contributed by atoms with Gasteiger partial charge in [0.1, 0.15) is 11.4 Å². The van der Waals surface area contributed by atoms with Crippen molar-refractivity contribution in [3.05, 3.63) is 52.3 Å². The van der Waals surface area contributed by atoms with Crippen molar-refractivity contribution in [1.82, 2.24) is 15.2 Å². The summed E-state index contributed by atoms with van der Waals surface area (Å²) in [6, 6.07) is 7.54. The smallest absolute Gasteiger partial charge is 0.339 e. The summed E-state index contributed by atoms with van der Waals surface area (Å²) in [6.45, 7) is 4.78. The van der Waals surface area contributed by atoms with E-state index in [9.17, 15) is 14.4 Å². The highest BCUT2D eigenvalue weighted by Crippen LogP contribution is 2.24. The van der Waals surface area contributed by atoms with Crippen LogP contribution in [0.4, 0.5) is 0 Å². The van der Waals surface area contributed by atoms with Crippen LogP contribution in [-0.4, -0.2) is 55.0 Å². The molecule has 0 unspecified atom stereocenters. The Morgan fingerprint density at radius 2 is 2.00 bits per heavy atom. The van der Waals surface area contributed by atoms with Gasteiger partial charge in [-0.2, -0.15) is 0 Å². The van der Waals surface area contributed by atoms with Crippen LogP contribution in [0, 0.1) is 19.8 Å². The van der Waals surface area contributed by atoms with Crippen molar-refractivity contribution in [2.45, 2.75) is 33.2 Å². The van der Waals surface area contributed by atoms with Crippen LogP contribution in [0.3, 0.4) is 0 Å². The summed E-state index contributed by atoms with van der Waals surface area (Å²) in [6.07, 6.45) is 1.47. The lowest BCUT2D eigenvalue weighted by molar-refractivity contribution is -0.126. The van der Waals surface area contributed by atoms with Gasteiger partial charge in [-0.3, -0.25) is 9.59 Å². The minimum atomic E-state index is -0.473. The molecule has 0 radical (unpaired) electrons. The zero-order valence-corrected chi connectivity index (χ0v) is 18.4. The Morgan fingerprint density at radius 3 is 2.71 bits per heavy atom. The molecule has 2 aromatic rings. The van der Waals surface area contributed by atoms with Crippen LogP contribution in [0.15, 0.2) is 24.3 Å². The van der Waals surface area contributed by atoms with Gasteiger partial charge < -0.3 is 24.7 Å². The first kappa shape index (κ1) is 22.4. The third-order valence-electron chi connectivity index (χ3n) is 5.72. The van der Waals surface area contributed by atoms with Gasteiger partial charge in [0, 0.05) is 25.3 Å². The molecule has 8 nitrogen and oxygen atoms in total. The average Bonchev–Trinajstić information content (AvgIpc) is 3.10. The maximum Gasteiger partial charge on any atom is 0.339 e. The highest BCUT2D eigenvalue weighted by molar-refractivity contribution is 6.00. The zero-order valence-electron chi connectivity index (χ0n) is 18.4. The first-order valence-electron chi connectivity index (χ1n) is 10.3. The number of carbonyl (C=O) groups is 3. The van der Waals surface area contributed by atoms with Gasteiger partial charge >= 0.3 is 5.97 Å². The van der Waals surface area contributed by atoms with Crippen LogP contribution in [-0.2, 0) is 16.1 Å². The van der Waals surface area contributed by atoms with E-state index in [0.29, 0.717) is 42.1 Å². The number of ether oxygens (including phenoxy) is 2. The number of aromatic nitrogens is 1. The van der Waals surface area contributed by atoms with Gasteiger partial charge in [-0.25, -0.2) is 4.79 Å². The molecule has 1 aromatic heterocycles. The molecular weight excluding hydrogens is 398 g/mol. The molecule has 0 aliphatic carbocycles. The highest BCUT2D eigenvalue weighted by Gasteiger charge is 2.31. The van der Waals surface area contributed by atoms with E-state index in [4.69, 9.17) is 9.47 Å². The number of hydrogen-bond acceptors (Lipinski definition) is 5. The number of H-pyrrole nitrogens is 1. The van der Waals surface area contributed by atoms with Crippen molar-refractivity contribution in [3.8, 4) is 5.75 Å². The number of likely N-dealkylation sites (tertiary alicyclic amines) is 1. The van der Waals surface area contributed by atoms with Gasteiger partial charge in [0.05, 0.1) is 25.7 Å². The number of hydrogen-bond donors (Lipinski definition) is 2. The van der Waals surface area contributed by atoms with Crippen molar-refractivity contribution in [3.63, 3.8) is 0 Å². The van der Waals surface area contributed by atoms with Gasteiger partial charge in [0.15, 0.2) is 0 Å². The van der Waals surface area contributed by atoms with E-state index in [0.717, 1.165) is 24.2 Å². The molecule has 1 aromatic carbocycles. The van der Waals surface area contributed by atoms with Crippen molar-refractivity contribution in [2.24, 2.45) is 5.92 Å². The molecule has 1 atom stereocenters. The number of piperidine rings is 1. The molecule has 0 bridgehead atoms. The maximum atomic E-state index is 13.1. The molecule has 1 fully saturated rings. The molecule has 3 rings (SSSR count). The number of methoxy groups -OCH3 is 2. The number of aromatic amines is 1. The van der Waals surface area contributed by atoms with Crippen LogP contribution in [0.1, 0.15) is 50.5 Å². The van der Waals surface area contributed by atoms with E-state index < -0.39 is 5.97 Å². The summed E-state index contributed by atoms with van der Waals surface area (Å²) in [5.41, 5.74) is 2.87. The lowest BCUT2D eigenvalue weighted by atomic mass is 9.96. The standard InChI is InChI=1S/C23H29N3O5/c1-14-19(23(29)31-4)15(2)25-20(14)22(28)26-10-6-8-17(13-26)21(27)24-12-16-7-5-9-18(11-16)30-3/h5,7,9,11,17,25H,6,8,10,12-13H2,1-4H3,(H,24,27)/t17-/m1/s1. The minimum absolute atomic E-state index is 0.0741. The lowest BCUT2D eigenvalue weighted by Crippen LogP contribution is -2.45. The van der Waals surface area contributed by atoms with Crippen LogP contribution in [0.25, 0.3) is 0 Å². The zero-order chi connectivity index (χ0) is 22.5. The molecule has 31 heavy (non-hydrogen) atoms. The third kappa shape index (κ3) is 4.90. The molecule has 2 amide bonds. The maximum absolute atomic E-state index is 13.1. The Bertz CT molecular complexity index is 982. The van der Waals surface area contributed by atoms with E-state index >= 15 is 0 Å². The Hall–Kier alpha value is -3.29. The molecule has 1 aliphatic rings. The highest BCUT2D eigenvalue weighted by atomic mass is 16.5. The Morgan fingerprint density at radius 1 is 1.23 bits per heavy atom. The van der Waals surface area contributed by atoms with Crippen LogP contribution in [0.2, 0.25) is 0 Å². The third-order valence-corrected chi connectivity index (χ3v) is 5.72. The summed E-state index contributed by atoms with van der Waals surface area (Å²) >= 11 is 0. The van der Waals surface area contributed by atoms with Crippen LogP contribution < -0.4 is 10.1 Å². The van der Waals surface area contributed by atoms with Gasteiger partial charge in [0.2, 0.25) is 5.91 Å². The van der Waals surface area contributed by atoms with Crippen molar-refractivity contribution < 1.29 is 23.9 Å². The van der Waals surface area contributed by atoms with Crippen molar-refractivity contribution in [1.29, 1.82) is 0 Å². The Kier molecular flexibility index (Phi) is 6.99. The summed E-state index contributed by atoms with van der Waals surface area (Å²) in [5.74, 6) is -0.293. The fraction of sp³-hybridized carbons (Fsp3) is 0.435. The van der Waals surface area contributed by atoms with E-state index in [1.54, 1.807) is 25.9 Å². The average molecular weight is 428 g/mol. The molecule has 1 saturated heterocycles. The quantitative estimate of drug-likeness (QED) is 0.690. The number of aryl methyl sites for hydroxylation is 1. The summed E-state index contributed by atoms with van der Waals surface area (Å²) < 4.78 is 10.0. The Labute approximate surface area is 181 Å². The van der Waals surface area contributed by atoms with Crippen LogP contribution >= 0.6 is 0 Å². The molecule has 2 N–H and O–H groups in total. The predicted octanol–water partition coefficient (Wildman–Crippen LogP) is 2.60. The molecule has 8 heteroatoms. The van der Waals surface area contributed by atoms with E-state index in [2.05, 4.69) is 10.3 Å². The topological polar surface area (TPSA) is 101 Å². The number of nitrogens with one attached hydrogen (secondary N) is 2. The molecule has 0 spiro atoms. The molecule has 166 valence electrons. The monoisotopic (exact) mass is 427 g/mol. The fourth-order valence-corrected chi connectivity index (χ4v) is 4.02. The van der Waals surface area contributed by atoms with Gasteiger partial charge in [-0.05, 0) is 49.9 Å². The second-order valence-corrected chi connectivity index (χ2v) is 7.78. The van der Waals surface area contributed by atoms with E-state index in [-0.39, 0.29) is 17.7 Å². The predicted molar refractivity (Wildman–Crippen MR) is 115 cm³/mol. The van der Waals surface area contributed by atoms with Crippen molar-refractivity contribution >= 4 is 17.8 Å². The fourth-order valence-electron chi connectivity index (χ4n) is 4.02. The normalized spacial score (nSPS) is 16.0. The summed E-state index contributed by atoms with van der Waals surface area (Å²) in [5, 5.41) is 2.96. The largest absolute Gasteiger partial charge is 0.497 e. The second-order valence-electron chi connectivity index (χ2n) is 7.78. The minimum Gasteiger partial charge on any atom is -0.497 e.